The van der Waals surface area contributed by atoms with E-state index in [1.807, 2.05) is 18.2 Å². The first-order chi connectivity index (χ1) is 12.2. The van der Waals surface area contributed by atoms with Crippen LogP contribution in [0.25, 0.3) is 5.70 Å². The highest BCUT2D eigenvalue weighted by Gasteiger charge is 2.31. The van der Waals surface area contributed by atoms with Gasteiger partial charge in [0.25, 0.3) is 0 Å². The molecular weight excluding hydrogens is 348 g/mol. The number of sulfonamides is 1. The largest absolute Gasteiger partial charge is 0.379 e. The van der Waals surface area contributed by atoms with E-state index in [4.69, 9.17) is 0 Å². The van der Waals surface area contributed by atoms with Gasteiger partial charge in [-0.1, -0.05) is 24.3 Å². The summed E-state index contributed by atoms with van der Waals surface area (Å²) >= 11 is 0. The molecule has 0 atom stereocenters. The van der Waals surface area contributed by atoms with Crippen LogP contribution in [0.15, 0.2) is 30.3 Å². The lowest BCUT2D eigenvalue weighted by Crippen LogP contribution is -2.44. The summed E-state index contributed by atoms with van der Waals surface area (Å²) in [5.74, 6) is 0.101. The molecule has 1 saturated heterocycles. The van der Waals surface area contributed by atoms with Crippen LogP contribution in [0.5, 0.6) is 0 Å². The Morgan fingerprint density at radius 1 is 1.27 bits per heavy atom. The smallest absolute Gasteiger partial charge is 0.213 e. The van der Waals surface area contributed by atoms with E-state index in [0.717, 1.165) is 17.7 Å². The first kappa shape index (κ1) is 19.1. The molecule has 0 bridgehead atoms. The molecule has 0 aromatic heterocycles. The number of carbonyl (C=O) groups excluding carboxylic acids is 1. The summed E-state index contributed by atoms with van der Waals surface area (Å²) in [4.78, 5) is 12.8. The fourth-order valence-corrected chi connectivity index (χ4v) is 5.00. The molecule has 1 aromatic carbocycles. The fraction of sp³-hybridized carbons (Fsp3) is 0.550. The number of allylic oxidation sites excluding steroid dienone is 1. The van der Waals surface area contributed by atoms with Crippen LogP contribution in [0.1, 0.15) is 44.7 Å². The molecule has 142 valence electrons. The minimum atomic E-state index is -3.16. The number of carbonyl (C=O) groups is 1. The van der Waals surface area contributed by atoms with Gasteiger partial charge in [0.15, 0.2) is 5.78 Å². The van der Waals surface area contributed by atoms with E-state index in [1.54, 1.807) is 13.0 Å². The second-order valence-electron chi connectivity index (χ2n) is 7.88. The molecule has 26 heavy (non-hydrogen) atoms. The molecule has 0 spiro atoms. The Labute approximate surface area is 156 Å². The lowest BCUT2D eigenvalue weighted by Gasteiger charge is -2.36. The van der Waals surface area contributed by atoms with Crippen molar-refractivity contribution in [1.29, 1.82) is 0 Å². The van der Waals surface area contributed by atoms with Gasteiger partial charge in [-0.15, -0.1) is 0 Å². The van der Waals surface area contributed by atoms with Gasteiger partial charge in [-0.25, -0.2) is 12.7 Å². The zero-order chi connectivity index (χ0) is 18.9. The van der Waals surface area contributed by atoms with E-state index in [-0.39, 0.29) is 23.0 Å². The lowest BCUT2D eigenvalue weighted by molar-refractivity contribution is -0.119. The van der Waals surface area contributed by atoms with Crippen molar-refractivity contribution in [3.8, 4) is 0 Å². The van der Waals surface area contributed by atoms with Crippen LogP contribution in [0, 0.1) is 5.92 Å². The second-order valence-corrected chi connectivity index (χ2v) is 10.1. The number of hydrogen-bond acceptors (Lipinski definition) is 4. The Morgan fingerprint density at radius 2 is 1.92 bits per heavy atom. The third-order valence-electron chi connectivity index (χ3n) is 5.31. The summed E-state index contributed by atoms with van der Waals surface area (Å²) in [6.45, 7) is 6.80. The Balaban J connectivity index is 1.76. The third kappa shape index (κ3) is 4.01. The summed E-state index contributed by atoms with van der Waals surface area (Å²) in [5.41, 5.74) is 3.12. The van der Waals surface area contributed by atoms with Crippen LogP contribution < -0.4 is 5.32 Å². The van der Waals surface area contributed by atoms with Crippen molar-refractivity contribution in [2.75, 3.05) is 18.8 Å². The van der Waals surface area contributed by atoms with Gasteiger partial charge in [0, 0.05) is 41.9 Å². The molecule has 2 aliphatic rings. The maximum atomic E-state index is 12.8. The van der Waals surface area contributed by atoms with E-state index < -0.39 is 10.0 Å². The Kier molecular flexibility index (Phi) is 5.26. The molecule has 3 rings (SSSR count). The second kappa shape index (κ2) is 7.16. The fourth-order valence-electron chi connectivity index (χ4n) is 3.86. The zero-order valence-electron chi connectivity index (χ0n) is 15.8. The van der Waals surface area contributed by atoms with Crippen LogP contribution in [0.3, 0.4) is 0 Å². The van der Waals surface area contributed by atoms with Crippen molar-refractivity contribution in [2.24, 2.45) is 5.92 Å². The third-order valence-corrected chi connectivity index (χ3v) is 7.20. The molecule has 2 heterocycles. The molecule has 0 saturated carbocycles. The van der Waals surface area contributed by atoms with Gasteiger partial charge in [-0.05, 0) is 45.6 Å². The summed E-state index contributed by atoms with van der Waals surface area (Å²) in [6.07, 6.45) is 3.83. The topological polar surface area (TPSA) is 66.5 Å². The van der Waals surface area contributed by atoms with Crippen molar-refractivity contribution < 1.29 is 13.2 Å². The minimum absolute atomic E-state index is 0.0912. The number of fused-ring (bicyclic) bond motifs is 1. The van der Waals surface area contributed by atoms with E-state index in [0.29, 0.717) is 25.9 Å². The summed E-state index contributed by atoms with van der Waals surface area (Å²) in [5, 5.41) is 3.50. The number of nitrogens with zero attached hydrogens (tertiary/aromatic N) is 1. The number of ketones is 1. The van der Waals surface area contributed by atoms with Crippen LogP contribution in [-0.2, 0) is 21.2 Å². The zero-order valence-corrected chi connectivity index (χ0v) is 16.6. The van der Waals surface area contributed by atoms with E-state index in [1.165, 1.54) is 9.87 Å². The van der Waals surface area contributed by atoms with Crippen molar-refractivity contribution in [1.82, 2.24) is 9.62 Å². The average molecular weight is 377 g/mol. The van der Waals surface area contributed by atoms with Crippen molar-refractivity contribution in [2.45, 2.75) is 45.6 Å². The molecular formula is C20H28N2O3S. The Bertz CT molecular complexity index is 819. The molecule has 0 amide bonds. The predicted molar refractivity (Wildman–Crippen MR) is 104 cm³/mol. The van der Waals surface area contributed by atoms with Crippen LogP contribution in [0.2, 0.25) is 0 Å². The maximum absolute atomic E-state index is 12.8. The molecule has 0 aliphatic carbocycles. The van der Waals surface area contributed by atoms with Gasteiger partial charge in [0.2, 0.25) is 10.0 Å². The van der Waals surface area contributed by atoms with Crippen LogP contribution in [0.4, 0.5) is 0 Å². The van der Waals surface area contributed by atoms with Gasteiger partial charge in [-0.3, -0.25) is 4.79 Å². The molecule has 0 radical (unpaired) electrons. The highest BCUT2D eigenvalue weighted by molar-refractivity contribution is 7.89. The molecule has 6 heteroatoms. The standard InChI is InChI=1S/C20H28N2O3S/c1-4-26(24,25)22-11-9-15(10-12-22)19(23)13-18-17-8-6-5-7-16(17)14-20(2,3)21-18/h5-8,13,15,21H,4,9-12,14H2,1-3H3. The monoisotopic (exact) mass is 376 g/mol. The lowest BCUT2D eigenvalue weighted by atomic mass is 9.84. The van der Waals surface area contributed by atoms with Gasteiger partial charge in [0.05, 0.1) is 5.75 Å². The highest BCUT2D eigenvalue weighted by atomic mass is 32.2. The number of rotatable bonds is 4. The van der Waals surface area contributed by atoms with Gasteiger partial charge < -0.3 is 5.32 Å². The van der Waals surface area contributed by atoms with Crippen LogP contribution >= 0.6 is 0 Å². The number of piperidine rings is 1. The first-order valence-electron chi connectivity index (χ1n) is 9.32. The molecule has 2 aliphatic heterocycles. The number of nitrogens with one attached hydrogen (secondary N) is 1. The van der Waals surface area contributed by atoms with Gasteiger partial charge in [-0.2, -0.15) is 0 Å². The van der Waals surface area contributed by atoms with Crippen molar-refractivity contribution >= 4 is 21.5 Å². The summed E-state index contributed by atoms with van der Waals surface area (Å²) in [6, 6.07) is 8.19. The highest BCUT2D eigenvalue weighted by Crippen LogP contribution is 2.30. The van der Waals surface area contributed by atoms with Crippen LogP contribution in [-0.4, -0.2) is 42.9 Å². The van der Waals surface area contributed by atoms with E-state index >= 15 is 0 Å². The molecule has 1 N–H and O–H groups in total. The quantitative estimate of drug-likeness (QED) is 0.820. The van der Waals surface area contributed by atoms with Gasteiger partial charge in [0.1, 0.15) is 0 Å². The van der Waals surface area contributed by atoms with Crippen molar-refractivity contribution in [3.05, 3.63) is 41.5 Å². The van der Waals surface area contributed by atoms with Crippen molar-refractivity contribution in [3.63, 3.8) is 0 Å². The normalized spacial score (nSPS) is 22.7. The predicted octanol–water partition coefficient (Wildman–Crippen LogP) is 2.58. The van der Waals surface area contributed by atoms with E-state index in [9.17, 15) is 13.2 Å². The molecule has 1 aromatic rings. The molecule has 5 nitrogen and oxygen atoms in total. The molecule has 1 fully saturated rings. The van der Waals surface area contributed by atoms with E-state index in [2.05, 4.69) is 25.2 Å². The summed E-state index contributed by atoms with van der Waals surface area (Å²) in [7, 11) is -3.16. The maximum Gasteiger partial charge on any atom is 0.213 e. The number of benzene rings is 1. The average Bonchev–Trinajstić information content (AvgIpc) is 2.61. The Morgan fingerprint density at radius 3 is 2.58 bits per heavy atom. The number of hydrogen-bond donors (Lipinski definition) is 1. The SMILES string of the molecule is CCS(=O)(=O)N1CCC(C(=O)C=C2NC(C)(C)Cc3ccccc32)CC1. The first-order valence-corrected chi connectivity index (χ1v) is 10.9. The summed E-state index contributed by atoms with van der Waals surface area (Å²) < 4.78 is 25.5. The molecule has 0 unspecified atom stereocenters. The van der Waals surface area contributed by atoms with Gasteiger partial charge >= 0.3 is 0 Å². The Hall–Kier alpha value is -1.66. The minimum Gasteiger partial charge on any atom is -0.379 e.